The van der Waals surface area contributed by atoms with Gasteiger partial charge in [-0.05, 0) is 166 Å². The van der Waals surface area contributed by atoms with Crippen molar-refractivity contribution >= 4 is 44.9 Å². The maximum absolute atomic E-state index is 2.59. The Morgan fingerprint density at radius 2 is 1.03 bits per heavy atom. The molecule has 2 heteroatoms. The highest BCUT2D eigenvalue weighted by Gasteiger charge is 2.38. The number of hydrogen-bond donors (Lipinski definition) is 0. The quantitative estimate of drug-likeness (QED) is 0.150. The highest BCUT2D eigenvalue weighted by atomic mass is 15.2. The molecule has 0 atom stereocenters. The van der Waals surface area contributed by atoms with Gasteiger partial charge in [-0.25, -0.2) is 0 Å². The summed E-state index contributed by atoms with van der Waals surface area (Å²) in [7, 11) is 0. The molecule has 0 radical (unpaired) electrons. The van der Waals surface area contributed by atoms with Crippen LogP contribution in [-0.4, -0.2) is 0 Å². The number of anilines is 6. The molecule has 6 aliphatic rings. The van der Waals surface area contributed by atoms with E-state index in [2.05, 4.69) is 224 Å². The predicted molar refractivity (Wildman–Crippen MR) is 283 cm³/mol. The predicted octanol–water partition coefficient (Wildman–Crippen LogP) is 17.7. The van der Waals surface area contributed by atoms with E-state index < -0.39 is 0 Å². The molecule has 0 aromatic heterocycles. The summed E-state index contributed by atoms with van der Waals surface area (Å²) in [5.74, 6) is 0.685. The largest absolute Gasteiger partial charge is 0.310 e. The van der Waals surface area contributed by atoms with Gasteiger partial charge in [-0.3, -0.25) is 0 Å². The molecule has 6 aliphatic carbocycles. The lowest BCUT2D eigenvalue weighted by Crippen LogP contribution is -2.18. The summed E-state index contributed by atoms with van der Waals surface area (Å²) in [4.78, 5) is 5.10. The Bertz CT molecular complexity index is 3240. The van der Waals surface area contributed by atoms with Crippen molar-refractivity contribution in [3.63, 3.8) is 0 Å². The van der Waals surface area contributed by atoms with Crippen LogP contribution in [0.4, 0.5) is 34.1 Å². The third kappa shape index (κ3) is 7.53. The van der Waals surface area contributed by atoms with Crippen LogP contribution in [0.1, 0.15) is 90.8 Å². The van der Waals surface area contributed by atoms with E-state index in [4.69, 9.17) is 0 Å². The molecule has 0 aliphatic heterocycles. The second kappa shape index (κ2) is 17.2. The maximum Gasteiger partial charge on any atom is 0.0540 e. The third-order valence-corrected chi connectivity index (χ3v) is 15.4. The average Bonchev–Trinajstić information content (AvgIpc) is 3.61. The minimum absolute atomic E-state index is 0.174. The topological polar surface area (TPSA) is 6.48 Å². The number of aryl methyl sites for hydroxylation is 4. The van der Waals surface area contributed by atoms with Crippen LogP contribution in [0.25, 0.3) is 33.0 Å². The maximum atomic E-state index is 2.59. The minimum atomic E-state index is -0.174. The molecule has 328 valence electrons. The Morgan fingerprint density at radius 1 is 0.418 bits per heavy atom. The summed E-state index contributed by atoms with van der Waals surface area (Å²) in [6, 6.07) is 76.1. The van der Waals surface area contributed by atoms with Gasteiger partial charge in [-0.2, -0.15) is 0 Å². The molecule has 1 fully saturated rings. The molecule has 0 spiro atoms. The molecule has 0 saturated heterocycles. The van der Waals surface area contributed by atoms with Crippen LogP contribution in [0.5, 0.6) is 0 Å². The number of benzene rings is 9. The lowest BCUT2D eigenvalue weighted by atomic mass is 9.81. The highest BCUT2D eigenvalue weighted by Crippen LogP contribution is 2.54. The van der Waals surface area contributed by atoms with Crippen LogP contribution in [-0.2, 0) is 31.1 Å². The Morgan fingerprint density at radius 3 is 1.76 bits per heavy atom. The average molecular weight is 867 g/mol. The fourth-order valence-corrected chi connectivity index (χ4v) is 11.8. The molecule has 0 amide bonds. The first-order valence-corrected chi connectivity index (χ1v) is 24.8. The molecule has 9 aromatic carbocycles. The fraction of sp³-hybridized carbons (Fsp3) is 0.200. The fourth-order valence-electron chi connectivity index (χ4n) is 11.8. The number of para-hydroxylation sites is 1. The van der Waals surface area contributed by atoms with Crippen LogP contribution in [0, 0.1) is 0 Å². The summed E-state index contributed by atoms with van der Waals surface area (Å²) in [6.07, 6.45) is 10.4. The van der Waals surface area contributed by atoms with E-state index in [1.807, 2.05) is 0 Å². The van der Waals surface area contributed by atoms with Crippen molar-refractivity contribution in [3.05, 3.63) is 239 Å². The molecule has 2 nitrogen and oxygen atoms in total. The summed E-state index contributed by atoms with van der Waals surface area (Å²) >= 11 is 0. The monoisotopic (exact) mass is 866 g/mol. The standard InChI is InChI=1S/C65H58N2/c1-65(2)59-26-15-25-57(50-18-8-4-9-19-50)64(59)58-41-40-55(44-60(58)65)67(61-27-14-21-49-20-12-13-24-56(49)61)63-43-46-29-33-51-32-28-45(30-34-52(63)35-31-46)42-62(51)66(53-22-10-5-11-23-53)54-38-36-48(37-39-54)47-16-6-3-7-17-47/h4-5,8-15,18-28,31-32,35-44,47H,3,6-7,16-17,29-30,33-34H2,1-2H3. The van der Waals surface area contributed by atoms with Crippen LogP contribution >= 0.6 is 0 Å². The lowest BCUT2D eigenvalue weighted by Gasteiger charge is -2.32. The van der Waals surface area contributed by atoms with Crippen LogP contribution in [0.3, 0.4) is 0 Å². The van der Waals surface area contributed by atoms with E-state index in [1.54, 1.807) is 0 Å². The van der Waals surface area contributed by atoms with Crippen molar-refractivity contribution in [2.24, 2.45) is 0 Å². The first-order chi connectivity index (χ1) is 33.0. The van der Waals surface area contributed by atoms with E-state index in [1.165, 1.54) is 138 Å². The lowest BCUT2D eigenvalue weighted by molar-refractivity contribution is 0.443. The van der Waals surface area contributed by atoms with Crippen LogP contribution in [0.2, 0.25) is 0 Å². The van der Waals surface area contributed by atoms with E-state index in [0.29, 0.717) is 5.92 Å². The van der Waals surface area contributed by atoms with Crippen molar-refractivity contribution in [1.29, 1.82) is 0 Å². The van der Waals surface area contributed by atoms with Gasteiger partial charge in [-0.1, -0.05) is 179 Å². The number of nitrogens with zero attached hydrogens (tertiary/aromatic N) is 2. The third-order valence-electron chi connectivity index (χ3n) is 15.4. The van der Waals surface area contributed by atoms with Gasteiger partial charge in [0.25, 0.3) is 0 Å². The van der Waals surface area contributed by atoms with Gasteiger partial charge >= 0.3 is 0 Å². The Hall–Kier alpha value is -7.16. The Labute approximate surface area is 397 Å². The van der Waals surface area contributed by atoms with Gasteiger partial charge in [0, 0.05) is 39.2 Å². The second-order valence-electron chi connectivity index (χ2n) is 19.8. The second-order valence-corrected chi connectivity index (χ2v) is 19.8. The summed E-state index contributed by atoms with van der Waals surface area (Å²) in [6.45, 7) is 4.82. The number of fused-ring (bicyclic) bond motifs is 4. The van der Waals surface area contributed by atoms with Crippen molar-refractivity contribution in [2.75, 3.05) is 9.80 Å². The first-order valence-electron chi connectivity index (χ1n) is 24.8. The molecule has 0 heterocycles. The molecule has 9 aromatic rings. The van der Waals surface area contributed by atoms with Crippen molar-refractivity contribution < 1.29 is 0 Å². The molecule has 4 bridgehead atoms. The first kappa shape index (κ1) is 41.3. The van der Waals surface area contributed by atoms with Gasteiger partial charge in [0.1, 0.15) is 0 Å². The Balaban J connectivity index is 0.959. The number of rotatable bonds is 8. The van der Waals surface area contributed by atoms with Gasteiger partial charge in [0.15, 0.2) is 0 Å². The SMILES string of the molecule is CC1(C)c2cc(N(c3cc4ccc3CCc3ccc(c(N(c5ccccc5)c5ccc(C6CCCCC6)cc5)c3)CC4)c3cccc4ccccc34)ccc2-c2c(-c3ccccc3)cccc21. The molecule has 67 heavy (non-hydrogen) atoms. The van der Waals surface area contributed by atoms with Gasteiger partial charge < -0.3 is 9.80 Å². The zero-order valence-electron chi connectivity index (χ0n) is 38.9. The van der Waals surface area contributed by atoms with Crippen molar-refractivity contribution in [2.45, 2.75) is 83.0 Å². The van der Waals surface area contributed by atoms with E-state index in [-0.39, 0.29) is 5.41 Å². The zero-order chi connectivity index (χ0) is 44.9. The van der Waals surface area contributed by atoms with Gasteiger partial charge in [0.05, 0.1) is 5.69 Å². The molecule has 0 N–H and O–H groups in total. The van der Waals surface area contributed by atoms with Crippen LogP contribution in [0.15, 0.2) is 200 Å². The summed E-state index contributed by atoms with van der Waals surface area (Å²) in [5.41, 5.74) is 22.2. The molecule has 0 unspecified atom stereocenters. The minimum Gasteiger partial charge on any atom is -0.310 e. The van der Waals surface area contributed by atoms with Crippen molar-refractivity contribution in [3.8, 4) is 22.3 Å². The number of hydrogen-bond acceptors (Lipinski definition) is 2. The molecular weight excluding hydrogens is 809 g/mol. The molecule has 1 saturated carbocycles. The highest BCUT2D eigenvalue weighted by molar-refractivity contribution is 6.00. The Kier molecular flexibility index (Phi) is 10.6. The van der Waals surface area contributed by atoms with E-state index in [9.17, 15) is 0 Å². The van der Waals surface area contributed by atoms with E-state index >= 15 is 0 Å². The summed E-state index contributed by atoms with van der Waals surface area (Å²) < 4.78 is 0. The van der Waals surface area contributed by atoms with Gasteiger partial charge in [-0.15, -0.1) is 0 Å². The van der Waals surface area contributed by atoms with Crippen molar-refractivity contribution in [1.82, 2.24) is 0 Å². The van der Waals surface area contributed by atoms with Gasteiger partial charge in [0.2, 0.25) is 0 Å². The smallest absolute Gasteiger partial charge is 0.0540 e. The van der Waals surface area contributed by atoms with Crippen LogP contribution < -0.4 is 9.80 Å². The normalized spacial score (nSPS) is 15.1. The zero-order valence-corrected chi connectivity index (χ0v) is 38.9. The summed E-state index contributed by atoms with van der Waals surface area (Å²) in [5, 5.41) is 2.50. The molecular formula is C65H58N2. The molecule has 15 rings (SSSR count). The van der Waals surface area contributed by atoms with E-state index in [0.717, 1.165) is 25.7 Å².